The average Bonchev–Trinajstić information content (AvgIpc) is 2.28. The molecule has 0 radical (unpaired) electrons. The maximum absolute atomic E-state index is 12.2. The van der Waals surface area contributed by atoms with E-state index < -0.39 is 0 Å². The number of aromatic hydroxyl groups is 2. The van der Waals surface area contributed by atoms with Gasteiger partial charge in [-0.3, -0.25) is 4.79 Å². The summed E-state index contributed by atoms with van der Waals surface area (Å²) >= 11 is 3.28. The highest BCUT2D eigenvalue weighted by atomic mass is 79.9. The average molecular weight is 302 g/mol. The van der Waals surface area contributed by atoms with E-state index in [1.807, 2.05) is 6.92 Å². The van der Waals surface area contributed by atoms with Gasteiger partial charge in [-0.1, -0.05) is 28.9 Å². The zero-order valence-corrected chi connectivity index (χ0v) is 11.3. The lowest BCUT2D eigenvalue weighted by atomic mass is 10.1. The summed E-state index contributed by atoms with van der Waals surface area (Å²) in [6.07, 6.45) is 0.826. The summed E-state index contributed by atoms with van der Waals surface area (Å²) in [7, 11) is 0. The molecule has 0 bridgehead atoms. The summed E-state index contributed by atoms with van der Waals surface area (Å²) < 4.78 is 0. The first-order valence-electron chi connectivity index (χ1n) is 5.48. The molecule has 0 heterocycles. The van der Waals surface area contributed by atoms with Crippen molar-refractivity contribution in [3.05, 3.63) is 23.8 Å². The van der Waals surface area contributed by atoms with Gasteiger partial charge in [-0.05, 0) is 18.6 Å². The van der Waals surface area contributed by atoms with Crippen LogP contribution < -0.4 is 0 Å². The molecular weight excluding hydrogens is 286 g/mol. The molecule has 1 aromatic rings. The van der Waals surface area contributed by atoms with E-state index in [0.717, 1.165) is 6.42 Å². The smallest absolute Gasteiger partial charge is 0.261 e. The summed E-state index contributed by atoms with van der Waals surface area (Å²) in [6, 6.07) is 4.28. The molecule has 1 amide bonds. The fourth-order valence-electron chi connectivity index (χ4n) is 1.59. The molecule has 0 aromatic heterocycles. The van der Waals surface area contributed by atoms with Crippen LogP contribution in [0.4, 0.5) is 0 Å². The molecule has 0 aliphatic carbocycles. The monoisotopic (exact) mass is 301 g/mol. The third kappa shape index (κ3) is 3.36. The Kier molecular flexibility index (Phi) is 5.28. The molecule has 2 N–H and O–H groups in total. The number of halogens is 1. The summed E-state index contributed by atoms with van der Waals surface area (Å²) in [5.41, 5.74) is -0.0260. The van der Waals surface area contributed by atoms with E-state index in [-0.39, 0.29) is 23.0 Å². The van der Waals surface area contributed by atoms with E-state index >= 15 is 0 Å². The van der Waals surface area contributed by atoms with E-state index in [1.54, 1.807) is 4.90 Å². The number of carbonyl (C=O) groups excluding carboxylic acids is 1. The number of alkyl halides is 1. The molecule has 0 unspecified atom stereocenters. The Morgan fingerprint density at radius 3 is 2.35 bits per heavy atom. The minimum Gasteiger partial charge on any atom is -0.507 e. The van der Waals surface area contributed by atoms with Crippen molar-refractivity contribution in [1.29, 1.82) is 0 Å². The maximum atomic E-state index is 12.2. The maximum Gasteiger partial charge on any atom is 0.261 e. The number of nitrogens with zero attached hydrogens (tertiary/aromatic N) is 1. The molecule has 0 atom stereocenters. The van der Waals surface area contributed by atoms with Crippen molar-refractivity contribution < 1.29 is 15.0 Å². The second-order valence-electron chi connectivity index (χ2n) is 3.65. The lowest BCUT2D eigenvalue weighted by Crippen LogP contribution is -2.33. The molecule has 4 nitrogen and oxygen atoms in total. The second-order valence-corrected chi connectivity index (χ2v) is 4.45. The molecule has 5 heteroatoms. The van der Waals surface area contributed by atoms with Gasteiger partial charge in [0.1, 0.15) is 17.1 Å². The zero-order chi connectivity index (χ0) is 12.8. The van der Waals surface area contributed by atoms with Crippen LogP contribution in [0.1, 0.15) is 23.7 Å². The number of carbonyl (C=O) groups is 1. The molecular formula is C12H16BrNO3. The second kappa shape index (κ2) is 6.49. The van der Waals surface area contributed by atoms with Gasteiger partial charge in [-0.25, -0.2) is 0 Å². The van der Waals surface area contributed by atoms with Gasteiger partial charge in [0.15, 0.2) is 0 Å². The normalized spacial score (nSPS) is 10.2. The van der Waals surface area contributed by atoms with Crippen LogP contribution >= 0.6 is 15.9 Å². The standard InChI is InChI=1S/C12H16BrNO3/c1-2-7-14(8-6-13)12(17)11-9(15)4-3-5-10(11)16/h3-5,15-16H,2,6-8H2,1H3. The fraction of sp³-hybridized carbons (Fsp3) is 0.417. The van der Waals surface area contributed by atoms with Crippen molar-refractivity contribution in [3.8, 4) is 11.5 Å². The van der Waals surface area contributed by atoms with Gasteiger partial charge in [0.05, 0.1) is 0 Å². The molecule has 0 saturated carbocycles. The highest BCUT2D eigenvalue weighted by molar-refractivity contribution is 9.09. The third-order valence-electron chi connectivity index (χ3n) is 2.37. The van der Waals surface area contributed by atoms with Gasteiger partial charge in [0.25, 0.3) is 5.91 Å². The molecule has 94 valence electrons. The first kappa shape index (κ1) is 13.8. The predicted octanol–water partition coefficient (Wildman–Crippen LogP) is 2.34. The Balaban J connectivity index is 3.00. The number of hydrogen-bond acceptors (Lipinski definition) is 3. The predicted molar refractivity (Wildman–Crippen MR) is 69.8 cm³/mol. The van der Waals surface area contributed by atoms with Crippen LogP contribution in [0.15, 0.2) is 18.2 Å². The first-order valence-corrected chi connectivity index (χ1v) is 6.60. The zero-order valence-electron chi connectivity index (χ0n) is 9.69. The van der Waals surface area contributed by atoms with Gasteiger partial charge in [0, 0.05) is 18.4 Å². The van der Waals surface area contributed by atoms with E-state index in [0.29, 0.717) is 18.4 Å². The molecule has 17 heavy (non-hydrogen) atoms. The highest BCUT2D eigenvalue weighted by Gasteiger charge is 2.21. The van der Waals surface area contributed by atoms with Gasteiger partial charge in [-0.15, -0.1) is 0 Å². The largest absolute Gasteiger partial charge is 0.507 e. The van der Waals surface area contributed by atoms with E-state index in [4.69, 9.17) is 0 Å². The number of amides is 1. The third-order valence-corrected chi connectivity index (χ3v) is 2.72. The quantitative estimate of drug-likeness (QED) is 0.821. The molecule has 0 saturated heterocycles. The van der Waals surface area contributed by atoms with Crippen LogP contribution in [0, 0.1) is 0 Å². The van der Waals surface area contributed by atoms with Gasteiger partial charge < -0.3 is 15.1 Å². The first-order chi connectivity index (χ1) is 8.11. The lowest BCUT2D eigenvalue weighted by molar-refractivity contribution is 0.0760. The number of rotatable bonds is 5. The Morgan fingerprint density at radius 2 is 1.88 bits per heavy atom. The van der Waals surface area contributed by atoms with Crippen molar-refractivity contribution in [2.45, 2.75) is 13.3 Å². The van der Waals surface area contributed by atoms with Crippen LogP contribution in [0.3, 0.4) is 0 Å². The number of phenolic OH excluding ortho intramolecular Hbond substituents is 2. The minimum atomic E-state index is -0.345. The fourth-order valence-corrected chi connectivity index (χ4v) is 2.02. The van der Waals surface area contributed by atoms with Crippen LogP contribution in [0.2, 0.25) is 0 Å². The van der Waals surface area contributed by atoms with Gasteiger partial charge >= 0.3 is 0 Å². The summed E-state index contributed by atoms with van der Waals surface area (Å²) in [4.78, 5) is 13.8. The summed E-state index contributed by atoms with van der Waals surface area (Å²) in [5, 5.41) is 19.9. The van der Waals surface area contributed by atoms with Crippen LogP contribution in [0.5, 0.6) is 11.5 Å². The van der Waals surface area contributed by atoms with Crippen LogP contribution in [0.25, 0.3) is 0 Å². The SMILES string of the molecule is CCCN(CCBr)C(=O)c1c(O)cccc1O. The van der Waals surface area contributed by atoms with E-state index in [9.17, 15) is 15.0 Å². The number of benzene rings is 1. The molecule has 0 spiro atoms. The molecule has 0 fully saturated rings. The highest BCUT2D eigenvalue weighted by Crippen LogP contribution is 2.27. The van der Waals surface area contributed by atoms with Crippen molar-refractivity contribution >= 4 is 21.8 Å². The Hall–Kier alpha value is -1.23. The van der Waals surface area contributed by atoms with Gasteiger partial charge in [0.2, 0.25) is 0 Å². The molecule has 1 aromatic carbocycles. The van der Waals surface area contributed by atoms with Crippen molar-refractivity contribution in [1.82, 2.24) is 4.90 Å². The van der Waals surface area contributed by atoms with Crippen LogP contribution in [-0.2, 0) is 0 Å². The molecule has 1 rings (SSSR count). The van der Waals surface area contributed by atoms with Crippen molar-refractivity contribution in [2.24, 2.45) is 0 Å². The van der Waals surface area contributed by atoms with E-state index in [1.165, 1.54) is 18.2 Å². The summed E-state index contributed by atoms with van der Waals surface area (Å²) in [6.45, 7) is 3.11. The molecule has 0 aliphatic heterocycles. The van der Waals surface area contributed by atoms with E-state index in [2.05, 4.69) is 15.9 Å². The van der Waals surface area contributed by atoms with Crippen molar-refractivity contribution in [3.63, 3.8) is 0 Å². The molecule has 0 aliphatic rings. The lowest BCUT2D eigenvalue weighted by Gasteiger charge is -2.21. The van der Waals surface area contributed by atoms with Crippen LogP contribution in [-0.4, -0.2) is 39.4 Å². The van der Waals surface area contributed by atoms with Crippen molar-refractivity contribution in [2.75, 3.05) is 18.4 Å². The van der Waals surface area contributed by atoms with Gasteiger partial charge in [-0.2, -0.15) is 0 Å². The summed E-state index contributed by atoms with van der Waals surface area (Å²) in [5.74, 6) is -0.724. The Bertz CT molecular complexity index is 369. The number of hydrogen-bond donors (Lipinski definition) is 2. The Morgan fingerprint density at radius 1 is 1.29 bits per heavy atom. The Labute approximate surface area is 109 Å². The topological polar surface area (TPSA) is 60.8 Å². The number of phenols is 2. The minimum absolute atomic E-state index is 0.0260.